The molecule has 1 aliphatic carbocycles. The zero-order valence-corrected chi connectivity index (χ0v) is 13.2. The molecule has 0 heterocycles. The van der Waals surface area contributed by atoms with Gasteiger partial charge in [-0.15, -0.1) is 0 Å². The Bertz CT molecular complexity index is 492. The topological polar surface area (TPSA) is 38.3 Å². The minimum atomic E-state index is -0.595. The molecule has 21 heavy (non-hydrogen) atoms. The number of carbonyl (C=O) groups is 1. The fraction of sp³-hybridized carbons (Fsp3) is 0.562. The van der Waals surface area contributed by atoms with Crippen LogP contribution in [-0.2, 0) is 4.74 Å². The lowest BCUT2D eigenvalue weighted by Gasteiger charge is -2.29. The maximum Gasteiger partial charge on any atom is 0.338 e. The molecule has 116 valence electrons. The summed E-state index contributed by atoms with van der Waals surface area (Å²) in [5, 5.41) is 3.38. The minimum absolute atomic E-state index is 0.121. The molecule has 1 aromatic rings. The lowest BCUT2D eigenvalue weighted by Crippen LogP contribution is -2.28. The van der Waals surface area contributed by atoms with Crippen LogP contribution in [-0.4, -0.2) is 19.1 Å². The van der Waals surface area contributed by atoms with Crippen LogP contribution in [0.5, 0.6) is 0 Å². The van der Waals surface area contributed by atoms with Crippen LogP contribution in [0, 0.1) is 11.7 Å². The monoisotopic (exact) mass is 313 g/mol. The maximum atomic E-state index is 14.2. The molecule has 1 saturated carbocycles. The van der Waals surface area contributed by atoms with Crippen molar-refractivity contribution in [1.29, 1.82) is 0 Å². The largest absolute Gasteiger partial charge is 0.465 e. The number of hydrogen-bond donors (Lipinski definition) is 1. The van der Waals surface area contributed by atoms with Gasteiger partial charge in [-0.25, -0.2) is 9.18 Å². The van der Waals surface area contributed by atoms with Gasteiger partial charge in [0.25, 0.3) is 0 Å². The number of methoxy groups -OCH3 is 1. The number of esters is 1. The zero-order valence-electron chi connectivity index (χ0n) is 12.4. The van der Waals surface area contributed by atoms with E-state index >= 15 is 0 Å². The first-order chi connectivity index (χ1) is 10.0. The van der Waals surface area contributed by atoms with E-state index in [9.17, 15) is 9.18 Å². The third-order valence-electron chi connectivity index (χ3n) is 4.19. The summed E-state index contributed by atoms with van der Waals surface area (Å²) >= 11 is 6.11. The van der Waals surface area contributed by atoms with Crippen molar-refractivity contribution in [1.82, 2.24) is 0 Å². The van der Waals surface area contributed by atoms with E-state index in [1.54, 1.807) is 0 Å². The fourth-order valence-electron chi connectivity index (χ4n) is 2.93. The molecule has 0 spiro atoms. The van der Waals surface area contributed by atoms with Crippen molar-refractivity contribution in [3.63, 3.8) is 0 Å². The summed E-state index contributed by atoms with van der Waals surface area (Å²) in [5.74, 6) is -0.581. The standard InChI is InChI=1S/C16H21ClFNO2/c1-10(11-6-4-3-5-7-11)19-15-13(17)8-12(9-14(15)18)16(20)21-2/h8-11,19H,3-7H2,1-2H3. The van der Waals surface area contributed by atoms with Crippen molar-refractivity contribution in [2.75, 3.05) is 12.4 Å². The average molecular weight is 314 g/mol. The second-order valence-corrected chi connectivity index (χ2v) is 6.04. The van der Waals surface area contributed by atoms with Crippen LogP contribution in [0.1, 0.15) is 49.4 Å². The molecule has 0 aliphatic heterocycles. The van der Waals surface area contributed by atoms with Crippen LogP contribution < -0.4 is 5.32 Å². The van der Waals surface area contributed by atoms with Crippen molar-refractivity contribution in [3.05, 3.63) is 28.5 Å². The summed E-state index contributed by atoms with van der Waals surface area (Å²) in [6.45, 7) is 2.06. The van der Waals surface area contributed by atoms with Crippen LogP contribution >= 0.6 is 11.6 Å². The predicted molar refractivity (Wildman–Crippen MR) is 82.4 cm³/mol. The van der Waals surface area contributed by atoms with Gasteiger partial charge in [0.05, 0.1) is 23.4 Å². The average Bonchev–Trinajstić information content (AvgIpc) is 2.50. The molecule has 1 aromatic carbocycles. The first-order valence-corrected chi connectivity index (χ1v) is 7.74. The minimum Gasteiger partial charge on any atom is -0.465 e. The summed E-state index contributed by atoms with van der Waals surface area (Å²) in [7, 11) is 1.26. The number of nitrogens with one attached hydrogen (secondary N) is 1. The van der Waals surface area contributed by atoms with Crippen LogP contribution in [0.15, 0.2) is 12.1 Å². The summed E-state index contributed by atoms with van der Waals surface area (Å²) in [6.07, 6.45) is 6.07. The molecular weight excluding hydrogens is 293 g/mol. The number of carbonyl (C=O) groups excluding carboxylic acids is 1. The Morgan fingerprint density at radius 3 is 2.62 bits per heavy atom. The van der Waals surface area contributed by atoms with E-state index < -0.39 is 11.8 Å². The van der Waals surface area contributed by atoms with E-state index in [4.69, 9.17) is 11.6 Å². The lowest BCUT2D eigenvalue weighted by molar-refractivity contribution is 0.0600. The summed E-state index contributed by atoms with van der Waals surface area (Å²) < 4.78 is 18.8. The smallest absolute Gasteiger partial charge is 0.338 e. The Hall–Kier alpha value is -1.29. The second-order valence-electron chi connectivity index (χ2n) is 5.64. The lowest BCUT2D eigenvalue weighted by atomic mass is 9.84. The van der Waals surface area contributed by atoms with Gasteiger partial charge in [-0.05, 0) is 37.8 Å². The second kappa shape index (κ2) is 7.12. The highest BCUT2D eigenvalue weighted by Crippen LogP contribution is 2.32. The quantitative estimate of drug-likeness (QED) is 0.822. The van der Waals surface area contributed by atoms with E-state index in [2.05, 4.69) is 17.0 Å². The molecule has 0 saturated heterocycles. The molecule has 3 nitrogen and oxygen atoms in total. The first kappa shape index (κ1) is 16.1. The number of benzene rings is 1. The Balaban J connectivity index is 2.14. The molecule has 0 aromatic heterocycles. The number of halogens is 2. The molecular formula is C16H21ClFNO2. The van der Waals surface area contributed by atoms with Gasteiger partial charge in [-0.2, -0.15) is 0 Å². The maximum absolute atomic E-state index is 14.2. The first-order valence-electron chi connectivity index (χ1n) is 7.37. The molecule has 1 fully saturated rings. The van der Waals surface area contributed by atoms with E-state index in [0.29, 0.717) is 5.92 Å². The van der Waals surface area contributed by atoms with Crippen LogP contribution in [0.3, 0.4) is 0 Å². The van der Waals surface area contributed by atoms with Gasteiger partial charge >= 0.3 is 5.97 Å². The molecule has 1 atom stereocenters. The molecule has 0 radical (unpaired) electrons. The van der Waals surface area contributed by atoms with Gasteiger partial charge < -0.3 is 10.1 Å². The van der Waals surface area contributed by atoms with Gasteiger partial charge in [0.1, 0.15) is 5.82 Å². The normalized spacial score (nSPS) is 17.3. The molecule has 5 heteroatoms. The van der Waals surface area contributed by atoms with Gasteiger partial charge in [-0.1, -0.05) is 30.9 Å². The molecule has 2 rings (SSSR count). The third kappa shape index (κ3) is 3.88. The number of anilines is 1. The predicted octanol–water partition coefficient (Wildman–Crippen LogP) is 4.65. The number of hydrogen-bond acceptors (Lipinski definition) is 3. The van der Waals surface area contributed by atoms with Gasteiger partial charge in [0.2, 0.25) is 0 Å². The highest BCUT2D eigenvalue weighted by atomic mass is 35.5. The van der Waals surface area contributed by atoms with E-state index in [0.717, 1.165) is 18.9 Å². The number of rotatable bonds is 4. The number of ether oxygens (including phenoxy) is 1. The van der Waals surface area contributed by atoms with Gasteiger partial charge in [-0.3, -0.25) is 0 Å². The van der Waals surface area contributed by atoms with Gasteiger partial charge in [0.15, 0.2) is 0 Å². The Morgan fingerprint density at radius 2 is 2.05 bits per heavy atom. The highest BCUT2D eigenvalue weighted by molar-refractivity contribution is 6.33. The van der Waals surface area contributed by atoms with Crippen LogP contribution in [0.2, 0.25) is 5.02 Å². The van der Waals surface area contributed by atoms with Crippen molar-refractivity contribution in [3.8, 4) is 0 Å². The zero-order chi connectivity index (χ0) is 15.4. The molecule has 1 N–H and O–H groups in total. The molecule has 0 amide bonds. The SMILES string of the molecule is COC(=O)c1cc(F)c(NC(C)C2CCCCC2)c(Cl)c1. The summed E-state index contributed by atoms with van der Waals surface area (Å²) in [5.41, 5.74) is 0.387. The van der Waals surface area contributed by atoms with Crippen LogP contribution in [0.4, 0.5) is 10.1 Å². The fourth-order valence-corrected chi connectivity index (χ4v) is 3.19. The summed E-state index contributed by atoms with van der Waals surface area (Å²) in [6, 6.07) is 2.75. The van der Waals surface area contributed by atoms with Gasteiger partial charge in [0, 0.05) is 6.04 Å². The molecule has 1 unspecified atom stereocenters. The van der Waals surface area contributed by atoms with Crippen molar-refractivity contribution < 1.29 is 13.9 Å². The molecule has 0 bridgehead atoms. The van der Waals surface area contributed by atoms with E-state index in [1.165, 1.54) is 32.4 Å². The van der Waals surface area contributed by atoms with Crippen molar-refractivity contribution >= 4 is 23.3 Å². The molecule has 1 aliphatic rings. The van der Waals surface area contributed by atoms with Crippen LogP contribution in [0.25, 0.3) is 0 Å². The van der Waals surface area contributed by atoms with E-state index in [1.807, 2.05) is 0 Å². The Labute approximate surface area is 129 Å². The van der Waals surface area contributed by atoms with Crippen molar-refractivity contribution in [2.24, 2.45) is 5.92 Å². The Kier molecular flexibility index (Phi) is 5.45. The third-order valence-corrected chi connectivity index (χ3v) is 4.49. The van der Waals surface area contributed by atoms with Crippen molar-refractivity contribution in [2.45, 2.75) is 45.1 Å². The summed E-state index contributed by atoms with van der Waals surface area (Å²) in [4.78, 5) is 11.4. The van der Waals surface area contributed by atoms with E-state index in [-0.39, 0.29) is 22.3 Å². The Morgan fingerprint density at radius 1 is 1.38 bits per heavy atom. The highest BCUT2D eigenvalue weighted by Gasteiger charge is 2.22.